The molecule has 84 valence electrons. The van der Waals surface area contributed by atoms with Crippen LogP contribution in [0.2, 0.25) is 0 Å². The third-order valence-electron chi connectivity index (χ3n) is 1.92. The summed E-state index contributed by atoms with van der Waals surface area (Å²) in [6, 6.07) is 5.36. The van der Waals surface area contributed by atoms with Gasteiger partial charge in [0.15, 0.2) is 0 Å². The van der Waals surface area contributed by atoms with Gasteiger partial charge in [-0.1, -0.05) is 6.58 Å². The molecule has 0 fully saturated rings. The Kier molecular flexibility index (Phi) is 3.37. The summed E-state index contributed by atoms with van der Waals surface area (Å²) in [5.74, 6) is 5.08. The minimum Gasteiger partial charge on any atom is -0.268 e. The van der Waals surface area contributed by atoms with Gasteiger partial charge < -0.3 is 0 Å². The monoisotopic (exact) mass is 221 g/mol. The number of anilines is 1. The van der Waals surface area contributed by atoms with Crippen molar-refractivity contribution in [2.75, 3.05) is 5.01 Å². The fraction of sp³-hybridized carbons (Fsp3) is 0.100. The summed E-state index contributed by atoms with van der Waals surface area (Å²) < 4.78 is 0. The van der Waals surface area contributed by atoms with Crippen LogP contribution >= 0.6 is 0 Å². The smallest absolute Gasteiger partial charge is 0.268 e. The number of carbonyl (C=O) groups excluding carboxylic acids is 1. The molecule has 6 heteroatoms. The van der Waals surface area contributed by atoms with Crippen molar-refractivity contribution < 1.29 is 9.72 Å². The molecule has 0 unspecified atom stereocenters. The Morgan fingerprint density at radius 3 is 2.31 bits per heavy atom. The molecule has 2 N–H and O–H groups in total. The van der Waals surface area contributed by atoms with E-state index in [1.165, 1.54) is 31.2 Å². The molecule has 0 aliphatic carbocycles. The van der Waals surface area contributed by atoms with Gasteiger partial charge >= 0.3 is 0 Å². The molecular formula is C10H11N3O3. The molecular weight excluding hydrogens is 210 g/mol. The van der Waals surface area contributed by atoms with E-state index in [0.717, 1.165) is 5.01 Å². The molecule has 1 amide bonds. The topological polar surface area (TPSA) is 89.5 Å². The molecule has 0 heterocycles. The lowest BCUT2D eigenvalue weighted by atomic mass is 10.2. The van der Waals surface area contributed by atoms with E-state index in [2.05, 4.69) is 6.58 Å². The molecule has 1 rings (SSSR count). The number of nitrogens with two attached hydrogens (primary N) is 1. The highest BCUT2D eigenvalue weighted by Gasteiger charge is 2.13. The van der Waals surface area contributed by atoms with Crippen molar-refractivity contribution in [3.05, 3.63) is 46.5 Å². The molecule has 1 aromatic rings. The van der Waals surface area contributed by atoms with E-state index in [-0.39, 0.29) is 5.69 Å². The maximum Gasteiger partial charge on any atom is 0.269 e. The van der Waals surface area contributed by atoms with Crippen molar-refractivity contribution in [3.63, 3.8) is 0 Å². The van der Waals surface area contributed by atoms with Gasteiger partial charge in [0.05, 0.1) is 10.6 Å². The quantitative estimate of drug-likeness (QED) is 0.274. The predicted molar refractivity (Wildman–Crippen MR) is 59.6 cm³/mol. The van der Waals surface area contributed by atoms with Gasteiger partial charge in [0.1, 0.15) is 0 Å². The van der Waals surface area contributed by atoms with Crippen LogP contribution in [0, 0.1) is 10.1 Å². The lowest BCUT2D eigenvalue weighted by molar-refractivity contribution is -0.384. The summed E-state index contributed by atoms with van der Waals surface area (Å²) in [4.78, 5) is 21.3. The largest absolute Gasteiger partial charge is 0.269 e. The number of rotatable bonds is 3. The minimum absolute atomic E-state index is 0.0556. The van der Waals surface area contributed by atoms with Crippen molar-refractivity contribution in [3.8, 4) is 0 Å². The Morgan fingerprint density at radius 1 is 1.44 bits per heavy atom. The maximum atomic E-state index is 11.4. The van der Waals surface area contributed by atoms with Gasteiger partial charge in [-0.05, 0) is 19.1 Å². The van der Waals surface area contributed by atoms with E-state index in [4.69, 9.17) is 5.84 Å². The maximum absolute atomic E-state index is 11.4. The number of nitrogens with zero attached hydrogens (tertiary/aromatic N) is 2. The Morgan fingerprint density at radius 2 is 1.94 bits per heavy atom. The van der Waals surface area contributed by atoms with Gasteiger partial charge in [-0.25, -0.2) is 10.9 Å². The van der Waals surface area contributed by atoms with Gasteiger partial charge in [0, 0.05) is 17.7 Å². The lowest BCUT2D eigenvalue weighted by Gasteiger charge is -2.15. The summed E-state index contributed by atoms with van der Waals surface area (Å²) in [5.41, 5.74) is 0.611. The number of amides is 1. The number of carbonyl (C=O) groups is 1. The Hall–Kier alpha value is -2.21. The summed E-state index contributed by atoms with van der Waals surface area (Å²) >= 11 is 0. The third kappa shape index (κ3) is 2.43. The summed E-state index contributed by atoms with van der Waals surface area (Å²) in [6.07, 6.45) is 0. The fourth-order valence-corrected chi connectivity index (χ4v) is 1.06. The van der Waals surface area contributed by atoms with Crippen LogP contribution in [-0.2, 0) is 4.79 Å². The number of hydrazine groups is 1. The molecule has 16 heavy (non-hydrogen) atoms. The van der Waals surface area contributed by atoms with Gasteiger partial charge in [0.25, 0.3) is 11.6 Å². The molecule has 1 aromatic carbocycles. The van der Waals surface area contributed by atoms with E-state index in [1.54, 1.807) is 0 Å². The number of non-ortho nitro benzene ring substituents is 1. The second-order valence-electron chi connectivity index (χ2n) is 3.23. The zero-order chi connectivity index (χ0) is 12.3. The van der Waals surface area contributed by atoms with Gasteiger partial charge in [0.2, 0.25) is 0 Å². The van der Waals surface area contributed by atoms with E-state index in [0.29, 0.717) is 11.3 Å². The molecule has 0 aliphatic heterocycles. The van der Waals surface area contributed by atoms with Crippen molar-refractivity contribution in [1.29, 1.82) is 0 Å². The van der Waals surface area contributed by atoms with Crippen molar-refractivity contribution >= 4 is 17.3 Å². The number of hydrogen-bond donors (Lipinski definition) is 1. The normalized spacial score (nSPS) is 9.62. The third-order valence-corrected chi connectivity index (χ3v) is 1.92. The number of nitro benzene ring substituents is 1. The van der Waals surface area contributed by atoms with Crippen LogP contribution in [0.5, 0.6) is 0 Å². The molecule has 0 saturated heterocycles. The van der Waals surface area contributed by atoms with E-state index < -0.39 is 10.8 Å². The van der Waals surface area contributed by atoms with Gasteiger partial charge in [-0.15, -0.1) is 0 Å². The van der Waals surface area contributed by atoms with Gasteiger partial charge in [-0.3, -0.25) is 14.9 Å². The van der Waals surface area contributed by atoms with Crippen LogP contribution in [0.4, 0.5) is 11.4 Å². The van der Waals surface area contributed by atoms with E-state index in [9.17, 15) is 14.9 Å². The first-order chi connectivity index (χ1) is 7.43. The molecule has 0 saturated carbocycles. The van der Waals surface area contributed by atoms with Crippen LogP contribution in [0.25, 0.3) is 0 Å². The van der Waals surface area contributed by atoms with Gasteiger partial charge in [-0.2, -0.15) is 0 Å². The predicted octanol–water partition coefficient (Wildman–Crippen LogP) is 1.38. The van der Waals surface area contributed by atoms with Crippen LogP contribution in [-0.4, -0.2) is 10.8 Å². The average Bonchev–Trinajstić information content (AvgIpc) is 2.27. The van der Waals surface area contributed by atoms with Crippen LogP contribution in [0.3, 0.4) is 0 Å². The Bertz CT molecular complexity index is 439. The average molecular weight is 221 g/mol. The summed E-state index contributed by atoms with van der Waals surface area (Å²) in [6.45, 7) is 5.00. The van der Waals surface area contributed by atoms with Crippen LogP contribution < -0.4 is 10.9 Å². The van der Waals surface area contributed by atoms with Crippen LogP contribution in [0.15, 0.2) is 36.4 Å². The Balaban J connectivity index is 2.94. The first-order valence-electron chi connectivity index (χ1n) is 4.42. The minimum atomic E-state index is -0.523. The highest BCUT2D eigenvalue weighted by Crippen LogP contribution is 2.18. The first-order valence-corrected chi connectivity index (χ1v) is 4.42. The highest BCUT2D eigenvalue weighted by molar-refractivity contribution is 6.03. The number of nitro groups is 1. The van der Waals surface area contributed by atoms with Crippen molar-refractivity contribution in [1.82, 2.24) is 0 Å². The zero-order valence-electron chi connectivity index (χ0n) is 8.71. The second-order valence-corrected chi connectivity index (χ2v) is 3.23. The number of benzene rings is 1. The summed E-state index contributed by atoms with van der Waals surface area (Å²) in [5, 5.41) is 11.3. The van der Waals surface area contributed by atoms with Crippen molar-refractivity contribution in [2.45, 2.75) is 6.92 Å². The summed E-state index contributed by atoms with van der Waals surface area (Å²) in [7, 11) is 0. The first kappa shape index (κ1) is 11.9. The molecule has 0 atom stereocenters. The van der Waals surface area contributed by atoms with E-state index in [1.807, 2.05) is 0 Å². The lowest BCUT2D eigenvalue weighted by Crippen LogP contribution is -2.37. The SMILES string of the molecule is C=C(C)C(=O)N(N)c1ccc([N+](=O)[O-])cc1. The van der Waals surface area contributed by atoms with Crippen LogP contribution in [0.1, 0.15) is 6.92 Å². The van der Waals surface area contributed by atoms with Crippen molar-refractivity contribution in [2.24, 2.45) is 5.84 Å². The molecule has 0 bridgehead atoms. The molecule has 6 nitrogen and oxygen atoms in total. The molecule has 0 aromatic heterocycles. The second kappa shape index (κ2) is 4.54. The number of hydrogen-bond acceptors (Lipinski definition) is 4. The fourth-order valence-electron chi connectivity index (χ4n) is 1.06. The zero-order valence-corrected chi connectivity index (χ0v) is 8.71. The molecule has 0 spiro atoms. The molecule has 0 aliphatic rings. The standard InChI is InChI=1S/C10H11N3O3/c1-7(2)10(14)12(11)8-3-5-9(6-4-8)13(15)16/h3-6H,1,11H2,2H3. The van der Waals surface area contributed by atoms with E-state index >= 15 is 0 Å². The Labute approximate surface area is 92.1 Å². The highest BCUT2D eigenvalue weighted by atomic mass is 16.6. The molecule has 0 radical (unpaired) electrons.